The number of para-hydroxylation sites is 2. The summed E-state index contributed by atoms with van der Waals surface area (Å²) in [6.45, 7) is 6.43. The Morgan fingerprint density at radius 3 is 1.62 bits per heavy atom. The molecule has 2 rings (SSSR count). The number of hydrogen-bond acceptors (Lipinski definition) is 3. The fourth-order valence-corrected chi connectivity index (χ4v) is 3.00. The second-order valence-electron chi connectivity index (χ2n) is 6.61. The predicted molar refractivity (Wildman–Crippen MR) is 100 cm³/mol. The van der Waals surface area contributed by atoms with E-state index in [0.29, 0.717) is 22.6 Å². The smallest absolute Gasteiger partial charge is 0.183 e. The van der Waals surface area contributed by atoms with E-state index in [1.807, 2.05) is 48.5 Å². The number of hydrogen-bond donors (Lipinski definition) is 1. The van der Waals surface area contributed by atoms with Crippen LogP contribution in [0.1, 0.15) is 11.1 Å². The van der Waals surface area contributed by atoms with Gasteiger partial charge >= 0.3 is 0 Å². The molecular formula is C20H24O3Si. The Bertz CT molecular complexity index is 719. The molecule has 0 unspecified atom stereocenters. The minimum Gasteiger partial charge on any atom is -0.496 e. The summed E-state index contributed by atoms with van der Waals surface area (Å²) >= 11 is 0. The Hall–Kier alpha value is -2.22. The van der Waals surface area contributed by atoms with Crippen molar-refractivity contribution < 1.29 is 14.6 Å². The van der Waals surface area contributed by atoms with E-state index in [1.54, 1.807) is 14.2 Å². The Morgan fingerprint density at radius 2 is 1.25 bits per heavy atom. The zero-order chi connectivity index (χ0) is 17.8. The van der Waals surface area contributed by atoms with E-state index in [0.717, 1.165) is 0 Å². The molecule has 2 aromatic rings. The molecule has 0 amide bonds. The highest BCUT2D eigenvalue weighted by Gasteiger charge is 2.35. The molecule has 0 saturated heterocycles. The number of ether oxygens (including phenoxy) is 2. The second kappa shape index (κ2) is 7.12. The van der Waals surface area contributed by atoms with Gasteiger partial charge in [0.2, 0.25) is 0 Å². The molecule has 4 heteroatoms. The van der Waals surface area contributed by atoms with Crippen LogP contribution >= 0.6 is 0 Å². The first-order valence-corrected chi connectivity index (χ1v) is 11.4. The zero-order valence-corrected chi connectivity index (χ0v) is 15.9. The van der Waals surface area contributed by atoms with Gasteiger partial charge < -0.3 is 14.6 Å². The highest BCUT2D eigenvalue weighted by molar-refractivity contribution is 6.83. The molecule has 0 atom stereocenters. The molecule has 24 heavy (non-hydrogen) atoms. The van der Waals surface area contributed by atoms with Crippen molar-refractivity contribution in [2.24, 2.45) is 0 Å². The standard InChI is InChI=1S/C20H24O3Si/c1-22-18-12-8-6-10-16(18)20(21,14-15-24(3,4)5)17-11-7-9-13-19(17)23-2/h6-13,21H,1-5H3. The van der Waals surface area contributed by atoms with Crippen LogP contribution < -0.4 is 9.47 Å². The minimum absolute atomic E-state index is 0.593. The van der Waals surface area contributed by atoms with Crippen molar-refractivity contribution in [1.82, 2.24) is 0 Å². The van der Waals surface area contributed by atoms with Gasteiger partial charge in [0, 0.05) is 11.1 Å². The molecule has 126 valence electrons. The summed E-state index contributed by atoms with van der Waals surface area (Å²) in [4.78, 5) is 0. The summed E-state index contributed by atoms with van der Waals surface area (Å²) in [6.07, 6.45) is 0. The van der Waals surface area contributed by atoms with Gasteiger partial charge in [-0.05, 0) is 12.1 Å². The summed E-state index contributed by atoms with van der Waals surface area (Å²) in [5.41, 5.74) is 3.02. The first-order chi connectivity index (χ1) is 11.3. The summed E-state index contributed by atoms with van der Waals surface area (Å²) in [5.74, 6) is 4.31. The van der Waals surface area contributed by atoms with E-state index in [2.05, 4.69) is 31.1 Å². The van der Waals surface area contributed by atoms with E-state index >= 15 is 0 Å². The SMILES string of the molecule is COc1ccccc1C(O)(C#C[Si](C)(C)C)c1ccccc1OC. The molecule has 0 saturated carbocycles. The van der Waals surface area contributed by atoms with Crippen LogP contribution in [0.5, 0.6) is 11.5 Å². The zero-order valence-electron chi connectivity index (χ0n) is 14.9. The third-order valence-electron chi connectivity index (χ3n) is 3.61. The average Bonchev–Trinajstić information content (AvgIpc) is 2.59. The average molecular weight is 340 g/mol. The van der Waals surface area contributed by atoms with Gasteiger partial charge in [-0.3, -0.25) is 0 Å². The van der Waals surface area contributed by atoms with Crippen LogP contribution in [0.4, 0.5) is 0 Å². The summed E-state index contributed by atoms with van der Waals surface area (Å²) in [6, 6.07) is 14.8. The van der Waals surface area contributed by atoms with Gasteiger partial charge in [-0.1, -0.05) is 62.0 Å². The fourth-order valence-electron chi connectivity index (χ4n) is 2.44. The van der Waals surface area contributed by atoms with Crippen LogP contribution in [-0.4, -0.2) is 27.4 Å². The first-order valence-electron chi connectivity index (χ1n) is 7.85. The molecule has 2 aromatic carbocycles. The van der Waals surface area contributed by atoms with E-state index in [-0.39, 0.29) is 0 Å². The maximum Gasteiger partial charge on any atom is 0.183 e. The van der Waals surface area contributed by atoms with Crippen LogP contribution in [0.15, 0.2) is 48.5 Å². The van der Waals surface area contributed by atoms with Crippen molar-refractivity contribution in [1.29, 1.82) is 0 Å². The summed E-state index contributed by atoms with van der Waals surface area (Å²) in [7, 11) is 1.49. The van der Waals surface area contributed by atoms with Crippen molar-refractivity contribution in [2.45, 2.75) is 25.2 Å². The van der Waals surface area contributed by atoms with Gasteiger partial charge in [0.25, 0.3) is 0 Å². The van der Waals surface area contributed by atoms with E-state index < -0.39 is 13.7 Å². The second-order valence-corrected chi connectivity index (χ2v) is 11.4. The fraction of sp³-hybridized carbons (Fsp3) is 0.300. The van der Waals surface area contributed by atoms with Gasteiger partial charge in [0.15, 0.2) is 5.60 Å². The number of benzene rings is 2. The first kappa shape index (κ1) is 18.1. The molecule has 0 bridgehead atoms. The third-order valence-corrected chi connectivity index (χ3v) is 4.49. The molecule has 0 aliphatic rings. The monoisotopic (exact) mass is 340 g/mol. The maximum atomic E-state index is 11.6. The highest BCUT2D eigenvalue weighted by Crippen LogP contribution is 2.39. The number of aliphatic hydroxyl groups is 1. The Morgan fingerprint density at radius 1 is 0.833 bits per heavy atom. The lowest BCUT2D eigenvalue weighted by Gasteiger charge is -2.27. The largest absolute Gasteiger partial charge is 0.496 e. The van der Waals surface area contributed by atoms with Crippen molar-refractivity contribution in [3.63, 3.8) is 0 Å². The van der Waals surface area contributed by atoms with Crippen LogP contribution in [0.3, 0.4) is 0 Å². The lowest BCUT2D eigenvalue weighted by Crippen LogP contribution is -2.28. The van der Waals surface area contributed by atoms with Crippen LogP contribution in [-0.2, 0) is 5.60 Å². The Labute approximate surface area is 145 Å². The lowest BCUT2D eigenvalue weighted by molar-refractivity contribution is 0.137. The van der Waals surface area contributed by atoms with Gasteiger partial charge in [0.05, 0.1) is 14.2 Å². The van der Waals surface area contributed by atoms with Crippen molar-refractivity contribution in [2.75, 3.05) is 14.2 Å². The number of methoxy groups -OCH3 is 2. The van der Waals surface area contributed by atoms with Crippen LogP contribution in [0.25, 0.3) is 0 Å². The lowest BCUT2D eigenvalue weighted by atomic mass is 9.86. The van der Waals surface area contributed by atoms with Gasteiger partial charge in [-0.15, -0.1) is 5.54 Å². The Kier molecular flexibility index (Phi) is 5.38. The molecular weight excluding hydrogens is 316 g/mol. The van der Waals surface area contributed by atoms with Crippen molar-refractivity contribution >= 4 is 8.07 Å². The third kappa shape index (κ3) is 3.81. The molecule has 3 nitrogen and oxygen atoms in total. The van der Waals surface area contributed by atoms with Crippen LogP contribution in [0.2, 0.25) is 19.6 Å². The maximum absolute atomic E-state index is 11.6. The minimum atomic E-state index is -1.69. The molecule has 0 aliphatic carbocycles. The molecule has 0 fully saturated rings. The highest BCUT2D eigenvalue weighted by atomic mass is 28.3. The molecule has 0 spiro atoms. The normalized spacial score (nSPS) is 11.4. The van der Waals surface area contributed by atoms with Crippen molar-refractivity contribution in [3.8, 4) is 23.0 Å². The van der Waals surface area contributed by atoms with Crippen LogP contribution in [0, 0.1) is 11.5 Å². The Balaban J connectivity index is 2.77. The van der Waals surface area contributed by atoms with Gasteiger partial charge in [-0.2, -0.15) is 0 Å². The van der Waals surface area contributed by atoms with Gasteiger partial charge in [-0.25, -0.2) is 0 Å². The van der Waals surface area contributed by atoms with E-state index in [4.69, 9.17) is 9.47 Å². The van der Waals surface area contributed by atoms with Gasteiger partial charge in [0.1, 0.15) is 19.6 Å². The number of rotatable bonds is 4. The topological polar surface area (TPSA) is 38.7 Å². The van der Waals surface area contributed by atoms with E-state index in [9.17, 15) is 5.11 Å². The summed E-state index contributed by atoms with van der Waals surface area (Å²) in [5, 5.41) is 11.6. The van der Waals surface area contributed by atoms with Crippen molar-refractivity contribution in [3.05, 3.63) is 59.7 Å². The molecule has 0 aliphatic heterocycles. The predicted octanol–water partition coefficient (Wildman–Crippen LogP) is 3.82. The quantitative estimate of drug-likeness (QED) is 0.679. The molecule has 0 heterocycles. The molecule has 0 radical (unpaired) electrons. The summed E-state index contributed by atoms with van der Waals surface area (Å²) < 4.78 is 10.9. The van der Waals surface area contributed by atoms with E-state index in [1.165, 1.54) is 0 Å². The molecule has 0 aromatic heterocycles. The molecule has 1 N–H and O–H groups in total.